The van der Waals surface area contributed by atoms with E-state index in [0.717, 1.165) is 23.0 Å². The first-order valence-corrected chi connectivity index (χ1v) is 10.3. The van der Waals surface area contributed by atoms with E-state index < -0.39 is 0 Å². The highest BCUT2D eigenvalue weighted by atomic mass is 16.5. The Labute approximate surface area is 177 Å². The SMILES string of the molecule is Cc1ccc2nc(OCc3ccccc3C)c(CNCc3cnn(C)c3C)cc2c1. The van der Waals surface area contributed by atoms with E-state index in [1.54, 1.807) is 0 Å². The van der Waals surface area contributed by atoms with Gasteiger partial charge in [0.2, 0.25) is 5.88 Å². The van der Waals surface area contributed by atoms with Crippen molar-refractivity contribution in [3.63, 3.8) is 0 Å². The number of benzene rings is 2. The largest absolute Gasteiger partial charge is 0.473 e. The lowest BCUT2D eigenvalue weighted by atomic mass is 10.1. The van der Waals surface area contributed by atoms with E-state index in [2.05, 4.69) is 67.6 Å². The lowest BCUT2D eigenvalue weighted by molar-refractivity contribution is 0.290. The van der Waals surface area contributed by atoms with E-state index in [9.17, 15) is 0 Å². The van der Waals surface area contributed by atoms with Crippen molar-refractivity contribution in [3.05, 3.63) is 88.2 Å². The molecule has 5 heteroatoms. The van der Waals surface area contributed by atoms with E-state index in [-0.39, 0.29) is 0 Å². The van der Waals surface area contributed by atoms with Crippen molar-refractivity contribution >= 4 is 10.9 Å². The van der Waals surface area contributed by atoms with Crippen LogP contribution < -0.4 is 10.1 Å². The number of aryl methyl sites for hydroxylation is 3. The van der Waals surface area contributed by atoms with E-state index in [1.165, 1.54) is 27.9 Å². The topological polar surface area (TPSA) is 52.0 Å². The highest BCUT2D eigenvalue weighted by Gasteiger charge is 2.11. The first-order chi connectivity index (χ1) is 14.5. The highest BCUT2D eigenvalue weighted by molar-refractivity contribution is 5.80. The van der Waals surface area contributed by atoms with Gasteiger partial charge in [-0.05, 0) is 50.1 Å². The molecular weight excluding hydrogens is 372 g/mol. The number of nitrogens with zero attached hydrogens (tertiary/aromatic N) is 3. The van der Waals surface area contributed by atoms with Crippen LogP contribution >= 0.6 is 0 Å². The maximum Gasteiger partial charge on any atom is 0.218 e. The van der Waals surface area contributed by atoms with Crippen LogP contribution in [-0.4, -0.2) is 14.8 Å². The van der Waals surface area contributed by atoms with Crippen LogP contribution in [0.25, 0.3) is 10.9 Å². The van der Waals surface area contributed by atoms with Gasteiger partial charge in [-0.25, -0.2) is 4.98 Å². The zero-order valence-corrected chi connectivity index (χ0v) is 18.1. The standard InChI is InChI=1S/C25H28N4O/c1-17-9-10-24-21(11-17)12-22(13-26-14-23-15-27-29(4)19(23)3)25(28-24)30-16-20-8-6-5-7-18(20)2/h5-12,15,26H,13-14,16H2,1-4H3. The van der Waals surface area contributed by atoms with Crippen LogP contribution in [0, 0.1) is 20.8 Å². The Bertz CT molecular complexity index is 1180. The molecule has 2 aromatic heterocycles. The molecule has 5 nitrogen and oxygen atoms in total. The Hall–Kier alpha value is -3.18. The molecule has 2 aromatic carbocycles. The minimum atomic E-state index is 0.506. The number of rotatable bonds is 7. The molecule has 0 atom stereocenters. The van der Waals surface area contributed by atoms with Gasteiger partial charge in [-0.15, -0.1) is 0 Å². The Morgan fingerprint density at radius 3 is 2.50 bits per heavy atom. The van der Waals surface area contributed by atoms with Crippen molar-refractivity contribution in [1.29, 1.82) is 0 Å². The normalized spacial score (nSPS) is 11.2. The van der Waals surface area contributed by atoms with E-state index in [0.29, 0.717) is 19.0 Å². The third-order valence-electron chi connectivity index (χ3n) is 5.60. The van der Waals surface area contributed by atoms with Crippen molar-refractivity contribution in [1.82, 2.24) is 20.1 Å². The summed E-state index contributed by atoms with van der Waals surface area (Å²) in [7, 11) is 1.96. The summed E-state index contributed by atoms with van der Waals surface area (Å²) in [5, 5.41) is 8.98. The molecule has 0 amide bonds. The maximum atomic E-state index is 6.21. The molecule has 4 rings (SSSR count). The molecule has 0 saturated carbocycles. The summed E-state index contributed by atoms with van der Waals surface area (Å²) >= 11 is 0. The third kappa shape index (κ3) is 4.36. The monoisotopic (exact) mass is 400 g/mol. The van der Waals surface area contributed by atoms with Gasteiger partial charge in [0, 0.05) is 42.3 Å². The van der Waals surface area contributed by atoms with Gasteiger partial charge in [-0.2, -0.15) is 5.10 Å². The van der Waals surface area contributed by atoms with Gasteiger partial charge >= 0.3 is 0 Å². The fourth-order valence-electron chi connectivity index (χ4n) is 3.54. The van der Waals surface area contributed by atoms with Gasteiger partial charge in [0.05, 0.1) is 11.7 Å². The number of ether oxygens (including phenoxy) is 1. The first kappa shape index (κ1) is 20.1. The molecule has 0 aliphatic heterocycles. The minimum Gasteiger partial charge on any atom is -0.473 e. The second kappa shape index (κ2) is 8.67. The summed E-state index contributed by atoms with van der Waals surface area (Å²) in [6.45, 7) is 8.23. The number of aromatic nitrogens is 3. The molecule has 0 radical (unpaired) electrons. The van der Waals surface area contributed by atoms with Gasteiger partial charge in [-0.1, -0.05) is 35.9 Å². The molecule has 1 N–H and O–H groups in total. The van der Waals surface area contributed by atoms with Gasteiger partial charge in [0.15, 0.2) is 0 Å². The summed E-state index contributed by atoms with van der Waals surface area (Å²) in [6.07, 6.45) is 1.92. The Morgan fingerprint density at radius 2 is 1.73 bits per heavy atom. The summed E-state index contributed by atoms with van der Waals surface area (Å²) in [6, 6.07) is 16.8. The molecule has 0 spiro atoms. The Balaban J connectivity index is 1.57. The number of hydrogen-bond donors (Lipinski definition) is 1. The van der Waals surface area contributed by atoms with E-state index >= 15 is 0 Å². The second-order valence-electron chi connectivity index (χ2n) is 7.85. The number of fused-ring (bicyclic) bond motifs is 1. The summed E-state index contributed by atoms with van der Waals surface area (Å²) < 4.78 is 8.10. The highest BCUT2D eigenvalue weighted by Crippen LogP contribution is 2.25. The average molecular weight is 401 g/mol. The molecule has 0 aliphatic carbocycles. The van der Waals surface area contributed by atoms with Crippen LogP contribution in [-0.2, 0) is 26.7 Å². The Kier molecular flexibility index (Phi) is 5.81. The predicted molar refractivity (Wildman–Crippen MR) is 120 cm³/mol. The molecule has 30 heavy (non-hydrogen) atoms. The summed E-state index contributed by atoms with van der Waals surface area (Å²) in [5.74, 6) is 0.685. The van der Waals surface area contributed by atoms with Crippen molar-refractivity contribution < 1.29 is 4.74 Å². The van der Waals surface area contributed by atoms with Crippen molar-refractivity contribution in [2.75, 3.05) is 0 Å². The molecule has 154 valence electrons. The quantitative estimate of drug-likeness (QED) is 0.486. The van der Waals surface area contributed by atoms with Gasteiger partial charge < -0.3 is 10.1 Å². The fraction of sp³-hybridized carbons (Fsp3) is 0.280. The molecule has 0 saturated heterocycles. The summed E-state index contributed by atoms with van der Waals surface area (Å²) in [4.78, 5) is 4.83. The second-order valence-corrected chi connectivity index (χ2v) is 7.85. The van der Waals surface area contributed by atoms with Crippen molar-refractivity contribution in [2.24, 2.45) is 7.05 Å². The number of pyridine rings is 1. The molecule has 0 aliphatic rings. The molecule has 2 heterocycles. The molecule has 0 unspecified atom stereocenters. The minimum absolute atomic E-state index is 0.506. The van der Waals surface area contributed by atoms with E-state index in [1.807, 2.05) is 30.1 Å². The van der Waals surface area contributed by atoms with Crippen LogP contribution in [0.5, 0.6) is 5.88 Å². The molecule has 4 aromatic rings. The van der Waals surface area contributed by atoms with Gasteiger partial charge in [-0.3, -0.25) is 4.68 Å². The molecular formula is C25H28N4O. The zero-order chi connectivity index (χ0) is 21.1. The van der Waals surface area contributed by atoms with Crippen LogP contribution in [0.4, 0.5) is 0 Å². The maximum absolute atomic E-state index is 6.21. The average Bonchev–Trinajstić information content (AvgIpc) is 3.05. The fourth-order valence-corrected chi connectivity index (χ4v) is 3.54. The lowest BCUT2D eigenvalue weighted by Crippen LogP contribution is -2.15. The van der Waals surface area contributed by atoms with Crippen molar-refractivity contribution in [2.45, 2.75) is 40.5 Å². The lowest BCUT2D eigenvalue weighted by Gasteiger charge is -2.14. The van der Waals surface area contributed by atoms with Crippen LogP contribution in [0.2, 0.25) is 0 Å². The zero-order valence-electron chi connectivity index (χ0n) is 18.1. The van der Waals surface area contributed by atoms with E-state index in [4.69, 9.17) is 9.72 Å². The van der Waals surface area contributed by atoms with Crippen LogP contribution in [0.15, 0.2) is 54.7 Å². The van der Waals surface area contributed by atoms with Crippen molar-refractivity contribution in [3.8, 4) is 5.88 Å². The van der Waals surface area contributed by atoms with Gasteiger partial charge in [0.1, 0.15) is 6.61 Å². The number of hydrogen-bond acceptors (Lipinski definition) is 4. The molecule has 0 fully saturated rings. The summed E-state index contributed by atoms with van der Waals surface area (Å²) in [5.41, 5.74) is 8.00. The predicted octanol–water partition coefficient (Wildman–Crippen LogP) is 4.76. The Morgan fingerprint density at radius 1 is 0.933 bits per heavy atom. The first-order valence-electron chi connectivity index (χ1n) is 10.3. The number of nitrogens with one attached hydrogen (secondary N) is 1. The third-order valence-corrected chi connectivity index (χ3v) is 5.60. The van der Waals surface area contributed by atoms with Crippen LogP contribution in [0.1, 0.15) is 33.5 Å². The van der Waals surface area contributed by atoms with Crippen LogP contribution in [0.3, 0.4) is 0 Å². The molecule has 0 bridgehead atoms. The smallest absolute Gasteiger partial charge is 0.218 e. The van der Waals surface area contributed by atoms with Gasteiger partial charge in [0.25, 0.3) is 0 Å².